The number of benzene rings is 1. The molecule has 1 aliphatic carbocycles. The Labute approximate surface area is 195 Å². The molecular formula is C25H35N3O5. The molecule has 8 nitrogen and oxygen atoms in total. The van der Waals surface area contributed by atoms with Gasteiger partial charge in [0.05, 0.1) is 26.5 Å². The monoisotopic (exact) mass is 457 g/mol. The molecule has 0 spiro atoms. The number of carbonyl (C=O) groups excluding carboxylic acids is 2. The highest BCUT2D eigenvalue weighted by atomic mass is 16.5. The number of aromatic amines is 1. The molecule has 33 heavy (non-hydrogen) atoms. The van der Waals surface area contributed by atoms with Gasteiger partial charge in [0.2, 0.25) is 0 Å². The van der Waals surface area contributed by atoms with Gasteiger partial charge in [-0.3, -0.25) is 0 Å². The summed E-state index contributed by atoms with van der Waals surface area (Å²) in [7, 11) is 3.15. The third kappa shape index (κ3) is 5.61. The summed E-state index contributed by atoms with van der Waals surface area (Å²) >= 11 is 0. The number of carbonyl (C=O) groups is 2. The van der Waals surface area contributed by atoms with Crippen LogP contribution in [-0.2, 0) is 11.3 Å². The number of H-pyrrole nitrogens is 1. The summed E-state index contributed by atoms with van der Waals surface area (Å²) in [5.74, 6) is 0.810. The lowest BCUT2D eigenvalue weighted by Gasteiger charge is -2.35. The number of hydrogen-bond donors (Lipinski definition) is 2. The maximum atomic E-state index is 13.5. The van der Waals surface area contributed by atoms with Crippen molar-refractivity contribution < 1.29 is 23.8 Å². The number of urea groups is 1. The minimum atomic E-state index is -0.374. The second kappa shape index (κ2) is 11.1. The van der Waals surface area contributed by atoms with Crippen LogP contribution in [0.15, 0.2) is 18.2 Å². The zero-order valence-electron chi connectivity index (χ0n) is 20.2. The van der Waals surface area contributed by atoms with Crippen LogP contribution in [0, 0.1) is 13.8 Å². The van der Waals surface area contributed by atoms with E-state index in [1.165, 1.54) is 6.42 Å². The lowest BCUT2D eigenvalue weighted by Crippen LogP contribution is -2.43. The first-order valence-corrected chi connectivity index (χ1v) is 11.5. The van der Waals surface area contributed by atoms with Crippen LogP contribution in [0.4, 0.5) is 10.5 Å². The van der Waals surface area contributed by atoms with Crippen LogP contribution in [0.1, 0.15) is 66.3 Å². The van der Waals surface area contributed by atoms with Crippen molar-refractivity contribution in [1.29, 1.82) is 0 Å². The Morgan fingerprint density at radius 3 is 2.48 bits per heavy atom. The van der Waals surface area contributed by atoms with E-state index in [0.717, 1.165) is 42.5 Å². The van der Waals surface area contributed by atoms with Crippen molar-refractivity contribution in [2.24, 2.45) is 0 Å². The molecule has 2 aromatic rings. The summed E-state index contributed by atoms with van der Waals surface area (Å²) in [5, 5.41) is 3.02. The summed E-state index contributed by atoms with van der Waals surface area (Å²) in [6.45, 7) is 6.32. The summed E-state index contributed by atoms with van der Waals surface area (Å²) in [6.07, 6.45) is 5.30. The highest BCUT2D eigenvalue weighted by Crippen LogP contribution is 2.31. The van der Waals surface area contributed by atoms with Gasteiger partial charge in [0.15, 0.2) is 0 Å². The molecule has 0 aliphatic heterocycles. The largest absolute Gasteiger partial charge is 0.497 e. The van der Waals surface area contributed by atoms with Gasteiger partial charge in [0, 0.05) is 24.3 Å². The fraction of sp³-hybridized carbons (Fsp3) is 0.520. The van der Waals surface area contributed by atoms with Crippen molar-refractivity contribution in [3.63, 3.8) is 0 Å². The number of amides is 2. The topological polar surface area (TPSA) is 92.9 Å². The predicted octanol–water partition coefficient (Wildman–Crippen LogP) is 5.19. The van der Waals surface area contributed by atoms with Crippen molar-refractivity contribution in [2.45, 2.75) is 65.5 Å². The average molecular weight is 458 g/mol. The molecule has 2 N–H and O–H groups in total. The Morgan fingerprint density at radius 1 is 1.12 bits per heavy atom. The van der Waals surface area contributed by atoms with Gasteiger partial charge >= 0.3 is 12.0 Å². The molecule has 1 aromatic carbocycles. The first kappa shape index (κ1) is 24.5. The molecule has 1 heterocycles. The molecule has 2 amide bonds. The van der Waals surface area contributed by atoms with Crippen LogP contribution in [-0.4, -0.2) is 48.8 Å². The van der Waals surface area contributed by atoms with Crippen LogP contribution in [0.25, 0.3) is 0 Å². The number of aromatic nitrogens is 1. The summed E-state index contributed by atoms with van der Waals surface area (Å²) in [6, 6.07) is 5.24. The summed E-state index contributed by atoms with van der Waals surface area (Å²) in [4.78, 5) is 30.9. The van der Waals surface area contributed by atoms with Gasteiger partial charge < -0.3 is 29.4 Å². The molecule has 0 radical (unpaired) electrons. The highest BCUT2D eigenvalue weighted by molar-refractivity contribution is 5.92. The second-order valence-electron chi connectivity index (χ2n) is 8.37. The lowest BCUT2D eigenvalue weighted by atomic mass is 9.93. The Morgan fingerprint density at radius 2 is 1.85 bits per heavy atom. The highest BCUT2D eigenvalue weighted by Gasteiger charge is 2.29. The van der Waals surface area contributed by atoms with Crippen molar-refractivity contribution >= 4 is 17.7 Å². The third-order valence-corrected chi connectivity index (χ3v) is 6.33. The number of hydrogen-bond acceptors (Lipinski definition) is 5. The van der Waals surface area contributed by atoms with Gasteiger partial charge in [-0.1, -0.05) is 19.3 Å². The zero-order valence-corrected chi connectivity index (χ0v) is 20.2. The lowest BCUT2D eigenvalue weighted by molar-refractivity contribution is 0.0519. The molecule has 0 saturated heterocycles. The van der Waals surface area contributed by atoms with Gasteiger partial charge in [0.1, 0.15) is 17.2 Å². The molecule has 0 unspecified atom stereocenters. The maximum Gasteiger partial charge on any atom is 0.355 e. The standard InChI is InChI=1S/C25H35N3O5/c1-6-33-24(29)23-16(2)20(17(3)26-23)15-28(18-10-8-7-9-11-18)25(30)27-21-13-12-19(31-4)14-22(21)32-5/h12-14,18,26H,6-11,15H2,1-5H3,(H,27,30). The Bertz CT molecular complexity index is 979. The Hall–Kier alpha value is -3.16. The molecule has 1 fully saturated rings. The van der Waals surface area contributed by atoms with E-state index in [4.69, 9.17) is 14.2 Å². The van der Waals surface area contributed by atoms with Crippen LogP contribution in [0.2, 0.25) is 0 Å². The van der Waals surface area contributed by atoms with E-state index in [2.05, 4.69) is 10.3 Å². The molecular weight excluding hydrogens is 422 g/mol. The second-order valence-corrected chi connectivity index (χ2v) is 8.37. The predicted molar refractivity (Wildman–Crippen MR) is 127 cm³/mol. The molecule has 3 rings (SSSR count). The van der Waals surface area contributed by atoms with Crippen LogP contribution >= 0.6 is 0 Å². The SMILES string of the molecule is CCOC(=O)c1[nH]c(C)c(CN(C(=O)Nc2ccc(OC)cc2OC)C2CCCCC2)c1C. The van der Waals surface area contributed by atoms with Gasteiger partial charge in [-0.15, -0.1) is 0 Å². The van der Waals surface area contributed by atoms with Crippen molar-refractivity contribution in [3.8, 4) is 11.5 Å². The van der Waals surface area contributed by atoms with Gasteiger partial charge in [0.25, 0.3) is 0 Å². The smallest absolute Gasteiger partial charge is 0.355 e. The number of methoxy groups -OCH3 is 2. The number of ether oxygens (including phenoxy) is 3. The Balaban J connectivity index is 1.89. The minimum absolute atomic E-state index is 0.128. The minimum Gasteiger partial charge on any atom is -0.497 e. The normalized spacial score (nSPS) is 14.0. The van der Waals surface area contributed by atoms with Crippen LogP contribution in [0.5, 0.6) is 11.5 Å². The van der Waals surface area contributed by atoms with E-state index in [1.54, 1.807) is 39.3 Å². The summed E-state index contributed by atoms with van der Waals surface area (Å²) in [5.41, 5.74) is 3.66. The van der Waals surface area contributed by atoms with E-state index in [0.29, 0.717) is 36.0 Å². The van der Waals surface area contributed by atoms with Crippen LogP contribution < -0.4 is 14.8 Å². The van der Waals surface area contributed by atoms with E-state index < -0.39 is 0 Å². The van der Waals surface area contributed by atoms with E-state index in [-0.39, 0.29) is 18.0 Å². The number of aryl methyl sites for hydroxylation is 1. The quantitative estimate of drug-likeness (QED) is 0.532. The van der Waals surface area contributed by atoms with Crippen molar-refractivity contribution in [3.05, 3.63) is 40.7 Å². The Kier molecular flexibility index (Phi) is 8.25. The zero-order chi connectivity index (χ0) is 24.0. The molecule has 0 atom stereocenters. The molecule has 180 valence electrons. The van der Waals surface area contributed by atoms with E-state index in [1.807, 2.05) is 18.7 Å². The van der Waals surface area contributed by atoms with E-state index >= 15 is 0 Å². The number of esters is 1. The molecule has 1 saturated carbocycles. The maximum absolute atomic E-state index is 13.5. The van der Waals surface area contributed by atoms with E-state index in [9.17, 15) is 9.59 Å². The first-order chi connectivity index (χ1) is 15.9. The third-order valence-electron chi connectivity index (χ3n) is 6.33. The fourth-order valence-corrected chi connectivity index (χ4v) is 4.45. The number of anilines is 1. The molecule has 1 aliphatic rings. The van der Waals surface area contributed by atoms with Gasteiger partial charge in [-0.25, -0.2) is 9.59 Å². The number of rotatable bonds is 8. The van der Waals surface area contributed by atoms with Gasteiger partial charge in [-0.05, 0) is 56.9 Å². The van der Waals surface area contributed by atoms with Crippen molar-refractivity contribution in [1.82, 2.24) is 9.88 Å². The fourth-order valence-electron chi connectivity index (χ4n) is 4.45. The van der Waals surface area contributed by atoms with Crippen molar-refractivity contribution in [2.75, 3.05) is 26.1 Å². The summed E-state index contributed by atoms with van der Waals surface area (Å²) < 4.78 is 15.9. The molecule has 1 aromatic heterocycles. The molecule has 0 bridgehead atoms. The number of nitrogens with one attached hydrogen (secondary N) is 2. The van der Waals surface area contributed by atoms with Gasteiger partial charge in [-0.2, -0.15) is 0 Å². The van der Waals surface area contributed by atoms with Crippen LogP contribution in [0.3, 0.4) is 0 Å². The first-order valence-electron chi connectivity index (χ1n) is 11.5. The number of nitrogens with zero attached hydrogens (tertiary/aromatic N) is 1. The molecule has 8 heteroatoms. The average Bonchev–Trinajstić information content (AvgIpc) is 3.11.